The minimum atomic E-state index is -0.612. The van der Waals surface area contributed by atoms with Crippen molar-refractivity contribution in [3.05, 3.63) is 35.9 Å². The number of benzene rings is 1. The van der Waals surface area contributed by atoms with Crippen molar-refractivity contribution in [1.29, 1.82) is 5.26 Å². The molecule has 1 unspecified atom stereocenters. The summed E-state index contributed by atoms with van der Waals surface area (Å²) in [5.41, 5.74) is 0.646. The third-order valence-electron chi connectivity index (χ3n) is 4.63. The summed E-state index contributed by atoms with van der Waals surface area (Å²) in [5.74, 6) is 0. The van der Waals surface area contributed by atoms with Gasteiger partial charge in [-0.2, -0.15) is 5.26 Å². The summed E-state index contributed by atoms with van der Waals surface area (Å²) in [5, 5.41) is 13.5. The van der Waals surface area contributed by atoms with E-state index in [4.69, 9.17) is 0 Å². The minimum absolute atomic E-state index is 0.185. The first-order valence-corrected chi connectivity index (χ1v) is 8.01. The molecule has 0 spiro atoms. The van der Waals surface area contributed by atoms with Gasteiger partial charge in [-0.3, -0.25) is 10.2 Å². The highest BCUT2D eigenvalue weighted by Gasteiger charge is 2.40. The summed E-state index contributed by atoms with van der Waals surface area (Å²) in [7, 11) is 0. The smallest absolute Gasteiger partial charge is 0.145 e. The van der Waals surface area contributed by atoms with E-state index in [0.29, 0.717) is 0 Å². The first-order valence-electron chi connectivity index (χ1n) is 8.01. The summed E-state index contributed by atoms with van der Waals surface area (Å²) in [6.45, 7) is 9.40. The van der Waals surface area contributed by atoms with Crippen LogP contribution in [0.25, 0.3) is 0 Å². The van der Waals surface area contributed by atoms with Gasteiger partial charge in [-0.25, -0.2) is 0 Å². The standard InChI is InChI=1S/C18H27N3/c1-4-12-20-18(14-19,16-9-6-5-7-10-16)15-21-13-8-11-17(21,2)3/h5-7,9-10,20H,4,8,11-13,15H2,1-3H3. The highest BCUT2D eigenvalue weighted by Crippen LogP contribution is 2.32. The van der Waals surface area contributed by atoms with Gasteiger partial charge in [0.15, 0.2) is 0 Å². The van der Waals surface area contributed by atoms with Crippen molar-refractivity contribution in [2.24, 2.45) is 0 Å². The van der Waals surface area contributed by atoms with E-state index in [9.17, 15) is 5.26 Å². The molecule has 1 N–H and O–H groups in total. The van der Waals surface area contributed by atoms with Crippen molar-refractivity contribution in [1.82, 2.24) is 10.2 Å². The van der Waals surface area contributed by atoms with Crippen LogP contribution in [0.1, 0.15) is 45.6 Å². The lowest BCUT2D eigenvalue weighted by molar-refractivity contribution is 0.137. The number of hydrogen-bond acceptors (Lipinski definition) is 3. The van der Waals surface area contributed by atoms with E-state index in [-0.39, 0.29) is 5.54 Å². The first kappa shape index (κ1) is 16.0. The number of likely N-dealkylation sites (tertiary alicyclic amines) is 1. The minimum Gasteiger partial charge on any atom is -0.295 e. The molecule has 0 radical (unpaired) electrons. The molecule has 0 saturated carbocycles. The molecule has 1 atom stereocenters. The SMILES string of the molecule is CCCNC(C#N)(CN1CCCC1(C)C)c1ccccc1. The normalized spacial score (nSPS) is 20.9. The number of nitriles is 1. The van der Waals surface area contributed by atoms with Gasteiger partial charge in [0, 0.05) is 12.1 Å². The van der Waals surface area contributed by atoms with Crippen LogP contribution >= 0.6 is 0 Å². The van der Waals surface area contributed by atoms with Crippen LogP contribution in [0.5, 0.6) is 0 Å². The molecule has 0 aromatic heterocycles. The van der Waals surface area contributed by atoms with Crippen LogP contribution in [0, 0.1) is 11.3 Å². The van der Waals surface area contributed by atoms with E-state index in [1.807, 2.05) is 18.2 Å². The summed E-state index contributed by atoms with van der Waals surface area (Å²) < 4.78 is 0. The zero-order valence-corrected chi connectivity index (χ0v) is 13.5. The van der Waals surface area contributed by atoms with Crippen molar-refractivity contribution < 1.29 is 0 Å². The number of rotatable bonds is 6. The van der Waals surface area contributed by atoms with E-state index in [0.717, 1.165) is 31.6 Å². The Hall–Kier alpha value is -1.37. The van der Waals surface area contributed by atoms with Crippen LogP contribution < -0.4 is 5.32 Å². The highest BCUT2D eigenvalue weighted by atomic mass is 15.2. The van der Waals surface area contributed by atoms with Gasteiger partial charge in [0.2, 0.25) is 0 Å². The van der Waals surface area contributed by atoms with Crippen LogP contribution in [-0.4, -0.2) is 30.1 Å². The predicted molar refractivity (Wildman–Crippen MR) is 86.9 cm³/mol. The molecule has 0 amide bonds. The van der Waals surface area contributed by atoms with Gasteiger partial charge in [-0.15, -0.1) is 0 Å². The lowest BCUT2D eigenvalue weighted by Gasteiger charge is -2.39. The fraction of sp³-hybridized carbons (Fsp3) is 0.611. The Morgan fingerprint density at radius 3 is 2.57 bits per heavy atom. The quantitative estimate of drug-likeness (QED) is 0.872. The molecular formula is C18H27N3. The average molecular weight is 285 g/mol. The van der Waals surface area contributed by atoms with Gasteiger partial charge in [0.25, 0.3) is 0 Å². The topological polar surface area (TPSA) is 39.1 Å². The van der Waals surface area contributed by atoms with Gasteiger partial charge in [-0.05, 0) is 51.8 Å². The molecule has 1 fully saturated rings. The van der Waals surface area contributed by atoms with Crippen molar-refractivity contribution >= 4 is 0 Å². The van der Waals surface area contributed by atoms with Gasteiger partial charge in [0.05, 0.1) is 6.07 Å². The van der Waals surface area contributed by atoms with E-state index in [1.165, 1.54) is 12.8 Å². The lowest BCUT2D eigenvalue weighted by Crippen LogP contribution is -2.53. The Balaban J connectivity index is 2.30. The maximum Gasteiger partial charge on any atom is 0.145 e. The second-order valence-corrected chi connectivity index (χ2v) is 6.65. The molecule has 1 saturated heterocycles. The van der Waals surface area contributed by atoms with E-state index in [1.54, 1.807) is 0 Å². The van der Waals surface area contributed by atoms with Crippen molar-refractivity contribution in [3.8, 4) is 6.07 Å². The largest absolute Gasteiger partial charge is 0.295 e. The molecule has 114 valence electrons. The number of nitrogens with one attached hydrogen (secondary N) is 1. The molecule has 3 heteroatoms. The molecule has 0 bridgehead atoms. The monoisotopic (exact) mass is 285 g/mol. The molecular weight excluding hydrogens is 258 g/mol. The third kappa shape index (κ3) is 3.45. The van der Waals surface area contributed by atoms with Crippen molar-refractivity contribution in [3.63, 3.8) is 0 Å². The zero-order chi connectivity index (χ0) is 15.3. The first-order chi connectivity index (χ1) is 10.0. The Kier molecular flexibility index (Phi) is 5.03. The summed E-state index contributed by atoms with van der Waals surface area (Å²) >= 11 is 0. The van der Waals surface area contributed by atoms with Crippen molar-refractivity contribution in [2.45, 2.75) is 51.1 Å². The van der Waals surface area contributed by atoms with Crippen molar-refractivity contribution in [2.75, 3.05) is 19.6 Å². The van der Waals surface area contributed by atoms with Gasteiger partial charge in [0.1, 0.15) is 5.54 Å². The Morgan fingerprint density at radius 1 is 1.33 bits per heavy atom. The molecule has 1 aromatic carbocycles. The Bertz CT molecular complexity index is 489. The summed E-state index contributed by atoms with van der Waals surface area (Å²) in [4.78, 5) is 2.46. The lowest BCUT2D eigenvalue weighted by atomic mass is 9.89. The number of nitrogens with zero attached hydrogens (tertiary/aromatic N) is 2. The average Bonchev–Trinajstić information content (AvgIpc) is 2.83. The van der Waals surface area contributed by atoms with Crippen LogP contribution in [0.15, 0.2) is 30.3 Å². The molecule has 2 rings (SSSR count). The summed E-state index contributed by atoms with van der Waals surface area (Å²) in [6, 6.07) is 12.7. The van der Waals surface area contributed by atoms with Crippen LogP contribution in [0.3, 0.4) is 0 Å². The maximum absolute atomic E-state index is 9.95. The van der Waals surface area contributed by atoms with E-state index < -0.39 is 5.54 Å². The molecule has 0 aliphatic carbocycles. The maximum atomic E-state index is 9.95. The molecule has 1 aromatic rings. The van der Waals surface area contributed by atoms with Crippen LogP contribution in [0.2, 0.25) is 0 Å². The second kappa shape index (κ2) is 6.60. The zero-order valence-electron chi connectivity index (χ0n) is 13.5. The van der Waals surface area contributed by atoms with Gasteiger partial charge < -0.3 is 0 Å². The second-order valence-electron chi connectivity index (χ2n) is 6.65. The molecule has 1 aliphatic rings. The van der Waals surface area contributed by atoms with Crippen LogP contribution in [-0.2, 0) is 5.54 Å². The van der Waals surface area contributed by atoms with Gasteiger partial charge in [-0.1, -0.05) is 37.3 Å². The van der Waals surface area contributed by atoms with Gasteiger partial charge >= 0.3 is 0 Å². The molecule has 21 heavy (non-hydrogen) atoms. The summed E-state index contributed by atoms with van der Waals surface area (Å²) in [6.07, 6.45) is 3.45. The Labute approximate surface area is 129 Å². The predicted octanol–water partition coefficient (Wildman–Crippen LogP) is 3.28. The fourth-order valence-electron chi connectivity index (χ4n) is 3.19. The third-order valence-corrected chi connectivity index (χ3v) is 4.63. The van der Waals surface area contributed by atoms with E-state index >= 15 is 0 Å². The highest BCUT2D eigenvalue weighted by molar-refractivity contribution is 5.32. The van der Waals surface area contributed by atoms with E-state index in [2.05, 4.69) is 49.2 Å². The molecule has 1 aliphatic heterocycles. The molecule has 3 nitrogen and oxygen atoms in total. The fourth-order valence-corrected chi connectivity index (χ4v) is 3.19. The molecule has 1 heterocycles. The Morgan fingerprint density at radius 2 is 2.05 bits per heavy atom. The number of hydrogen-bond donors (Lipinski definition) is 1. The van der Waals surface area contributed by atoms with Crippen LogP contribution in [0.4, 0.5) is 0 Å².